The smallest absolute Gasteiger partial charge is 0.267 e. The van der Waals surface area contributed by atoms with Crippen LogP contribution < -0.4 is 16.1 Å². The van der Waals surface area contributed by atoms with Gasteiger partial charge in [0.25, 0.3) is 5.91 Å². The summed E-state index contributed by atoms with van der Waals surface area (Å²) in [5.41, 5.74) is 6.52. The van der Waals surface area contributed by atoms with Gasteiger partial charge >= 0.3 is 0 Å². The lowest BCUT2D eigenvalue weighted by Gasteiger charge is -2.20. The third-order valence-electron chi connectivity index (χ3n) is 3.34. The Hall–Kier alpha value is -2.37. The van der Waals surface area contributed by atoms with Gasteiger partial charge in [0, 0.05) is 13.0 Å². The van der Waals surface area contributed by atoms with E-state index in [0.717, 1.165) is 18.5 Å². The molecule has 0 spiro atoms. The minimum Gasteiger partial charge on any atom is -0.368 e. The van der Waals surface area contributed by atoms with Gasteiger partial charge in [-0.25, -0.2) is 0 Å². The summed E-state index contributed by atoms with van der Waals surface area (Å²) in [5.74, 6) is -0.716. The number of nitrogens with two attached hydrogens (primary N) is 1. The quantitative estimate of drug-likeness (QED) is 0.766. The Labute approximate surface area is 124 Å². The summed E-state index contributed by atoms with van der Waals surface area (Å²) >= 11 is 0. The monoisotopic (exact) mass is 288 g/mol. The van der Waals surface area contributed by atoms with Gasteiger partial charge in [0.15, 0.2) is 0 Å². The van der Waals surface area contributed by atoms with Gasteiger partial charge in [0.1, 0.15) is 11.8 Å². The molecular weight excluding hydrogens is 268 g/mol. The average molecular weight is 288 g/mol. The normalized spacial score (nSPS) is 17.5. The van der Waals surface area contributed by atoms with Crippen LogP contribution >= 0.6 is 0 Å². The van der Waals surface area contributed by atoms with E-state index in [1.165, 1.54) is 5.01 Å². The Morgan fingerprint density at radius 3 is 2.71 bits per heavy atom. The summed E-state index contributed by atoms with van der Waals surface area (Å²) in [4.78, 5) is 23.6. The lowest BCUT2D eigenvalue weighted by atomic mass is 10.1. The van der Waals surface area contributed by atoms with Crippen LogP contribution in [0.2, 0.25) is 0 Å². The Balaban J connectivity index is 2.14. The van der Waals surface area contributed by atoms with Gasteiger partial charge in [-0.3, -0.25) is 14.6 Å². The molecule has 0 fully saturated rings. The number of benzene rings is 1. The zero-order chi connectivity index (χ0) is 15.2. The van der Waals surface area contributed by atoms with E-state index in [1.54, 1.807) is 0 Å². The van der Waals surface area contributed by atoms with Crippen LogP contribution in [0.25, 0.3) is 0 Å². The first kappa shape index (κ1) is 15.0. The maximum atomic E-state index is 12.0. The van der Waals surface area contributed by atoms with Gasteiger partial charge in [-0.05, 0) is 18.6 Å². The Kier molecular flexibility index (Phi) is 4.92. The maximum Gasteiger partial charge on any atom is 0.267 e. The Bertz CT molecular complexity index is 542. The summed E-state index contributed by atoms with van der Waals surface area (Å²) in [7, 11) is 0. The van der Waals surface area contributed by atoms with Crippen LogP contribution in [0.5, 0.6) is 0 Å². The van der Waals surface area contributed by atoms with Crippen molar-refractivity contribution < 1.29 is 9.59 Å². The first-order valence-electron chi connectivity index (χ1n) is 7.12. The number of hydrogen-bond donors (Lipinski definition) is 2. The molecule has 0 bridgehead atoms. The highest BCUT2D eigenvalue weighted by Gasteiger charge is 2.34. The molecule has 0 aliphatic carbocycles. The standard InChI is InChI=1S/C15H20N4O2/c1-2-3-9-17-15(21)12-10-13(14(16)20)19(18-12)11-7-5-4-6-8-11/h4-8,13H,2-3,9-10H2,1H3,(H2,16,20)(H,17,21). The Morgan fingerprint density at radius 1 is 1.38 bits per heavy atom. The van der Waals surface area contributed by atoms with Gasteiger partial charge in [-0.2, -0.15) is 5.10 Å². The van der Waals surface area contributed by atoms with Crippen molar-refractivity contribution >= 4 is 23.2 Å². The van der Waals surface area contributed by atoms with Crippen LogP contribution in [0.15, 0.2) is 35.4 Å². The second-order valence-corrected chi connectivity index (χ2v) is 4.96. The lowest BCUT2D eigenvalue weighted by Crippen LogP contribution is -2.40. The van der Waals surface area contributed by atoms with E-state index in [2.05, 4.69) is 17.3 Å². The van der Waals surface area contributed by atoms with Crippen molar-refractivity contribution in [1.82, 2.24) is 5.32 Å². The number of primary amides is 1. The fourth-order valence-corrected chi connectivity index (χ4v) is 2.17. The zero-order valence-electron chi connectivity index (χ0n) is 12.1. The van der Waals surface area contributed by atoms with Crippen molar-refractivity contribution in [3.05, 3.63) is 30.3 Å². The van der Waals surface area contributed by atoms with E-state index in [9.17, 15) is 9.59 Å². The van der Waals surface area contributed by atoms with Gasteiger partial charge in [-0.1, -0.05) is 31.5 Å². The molecule has 6 nitrogen and oxygen atoms in total. The molecule has 0 saturated carbocycles. The minimum atomic E-state index is -0.612. The van der Waals surface area contributed by atoms with Crippen molar-refractivity contribution in [3.63, 3.8) is 0 Å². The molecule has 1 aromatic rings. The number of para-hydroxylation sites is 1. The van der Waals surface area contributed by atoms with Crippen LogP contribution in [0.3, 0.4) is 0 Å². The molecule has 1 unspecified atom stereocenters. The van der Waals surface area contributed by atoms with Crippen LogP contribution in [0, 0.1) is 0 Å². The van der Waals surface area contributed by atoms with Crippen molar-refractivity contribution in [3.8, 4) is 0 Å². The number of hydrogen-bond acceptors (Lipinski definition) is 4. The fourth-order valence-electron chi connectivity index (χ4n) is 2.17. The maximum absolute atomic E-state index is 12.0. The molecular formula is C15H20N4O2. The van der Waals surface area contributed by atoms with Crippen molar-refractivity contribution in [2.75, 3.05) is 11.6 Å². The van der Waals surface area contributed by atoms with Crippen LogP contribution in [0.1, 0.15) is 26.2 Å². The summed E-state index contributed by atoms with van der Waals surface area (Å²) in [6.07, 6.45) is 2.16. The van der Waals surface area contributed by atoms with Crippen LogP contribution in [0.4, 0.5) is 5.69 Å². The molecule has 1 aliphatic rings. The number of rotatable bonds is 6. The molecule has 1 atom stereocenters. The molecule has 0 radical (unpaired) electrons. The highest BCUT2D eigenvalue weighted by molar-refractivity contribution is 6.40. The van der Waals surface area contributed by atoms with Crippen LogP contribution in [-0.2, 0) is 9.59 Å². The number of anilines is 1. The first-order chi connectivity index (χ1) is 10.1. The van der Waals surface area contributed by atoms with E-state index in [4.69, 9.17) is 5.73 Å². The summed E-state index contributed by atoms with van der Waals surface area (Å²) in [6.45, 7) is 2.67. The van der Waals surface area contributed by atoms with E-state index in [0.29, 0.717) is 12.3 Å². The van der Waals surface area contributed by atoms with Crippen molar-refractivity contribution in [1.29, 1.82) is 0 Å². The molecule has 1 aliphatic heterocycles. The zero-order valence-corrected chi connectivity index (χ0v) is 12.1. The number of nitrogens with one attached hydrogen (secondary N) is 1. The number of nitrogens with zero attached hydrogens (tertiary/aromatic N) is 2. The van der Waals surface area contributed by atoms with Crippen molar-refractivity contribution in [2.24, 2.45) is 10.8 Å². The van der Waals surface area contributed by atoms with Crippen LogP contribution in [-0.4, -0.2) is 30.1 Å². The molecule has 6 heteroatoms. The predicted octanol–water partition coefficient (Wildman–Crippen LogP) is 1.02. The fraction of sp³-hybridized carbons (Fsp3) is 0.400. The SMILES string of the molecule is CCCCNC(=O)C1=NN(c2ccccc2)C(C(N)=O)C1. The highest BCUT2D eigenvalue weighted by Crippen LogP contribution is 2.24. The number of carbonyl (C=O) groups excluding carboxylic acids is 2. The van der Waals surface area contributed by atoms with E-state index in [-0.39, 0.29) is 12.3 Å². The largest absolute Gasteiger partial charge is 0.368 e. The molecule has 0 aromatic heterocycles. The average Bonchev–Trinajstić information content (AvgIpc) is 2.94. The molecule has 1 aromatic carbocycles. The molecule has 112 valence electrons. The third kappa shape index (κ3) is 3.59. The lowest BCUT2D eigenvalue weighted by molar-refractivity contribution is -0.119. The molecule has 1 heterocycles. The van der Waals surface area contributed by atoms with Gasteiger partial charge in [-0.15, -0.1) is 0 Å². The van der Waals surface area contributed by atoms with Gasteiger partial charge in [0.05, 0.1) is 5.69 Å². The van der Waals surface area contributed by atoms with Gasteiger partial charge in [0.2, 0.25) is 5.91 Å². The molecule has 0 saturated heterocycles. The molecule has 3 N–H and O–H groups in total. The van der Waals surface area contributed by atoms with E-state index >= 15 is 0 Å². The minimum absolute atomic E-state index is 0.229. The number of amides is 2. The molecule has 2 rings (SSSR count). The van der Waals surface area contributed by atoms with Gasteiger partial charge < -0.3 is 11.1 Å². The number of carbonyl (C=O) groups is 2. The summed E-state index contributed by atoms with van der Waals surface area (Å²) < 4.78 is 0. The topological polar surface area (TPSA) is 87.8 Å². The first-order valence-corrected chi connectivity index (χ1v) is 7.12. The third-order valence-corrected chi connectivity index (χ3v) is 3.34. The van der Waals surface area contributed by atoms with Crippen molar-refractivity contribution in [2.45, 2.75) is 32.2 Å². The molecule has 21 heavy (non-hydrogen) atoms. The highest BCUT2D eigenvalue weighted by atomic mass is 16.2. The summed E-state index contributed by atoms with van der Waals surface area (Å²) in [5, 5.41) is 8.61. The number of unbranched alkanes of at least 4 members (excludes halogenated alkanes) is 1. The second-order valence-electron chi connectivity index (χ2n) is 4.96. The van der Waals surface area contributed by atoms with E-state index in [1.807, 2.05) is 30.3 Å². The summed E-state index contributed by atoms with van der Waals surface area (Å²) in [6, 6.07) is 8.62. The predicted molar refractivity (Wildman–Crippen MR) is 81.9 cm³/mol. The van der Waals surface area contributed by atoms with E-state index < -0.39 is 11.9 Å². The second kappa shape index (κ2) is 6.88. The molecule has 2 amide bonds. The number of hydrazone groups is 1. The Morgan fingerprint density at radius 2 is 2.10 bits per heavy atom.